The minimum absolute atomic E-state index is 0.0272. The summed E-state index contributed by atoms with van der Waals surface area (Å²) in [5.74, 6) is 0.251. The Morgan fingerprint density at radius 1 is 1.00 bits per heavy atom. The first-order valence-electron chi connectivity index (χ1n) is 9.86. The SMILES string of the molecule is O=C1S/C(=C/c2ccc(OCc3ccc([N+](=O)[O-])cc3)cc2)C(=O)N1Cc1ccccc1Cl. The summed E-state index contributed by atoms with van der Waals surface area (Å²) in [7, 11) is 0. The van der Waals surface area contributed by atoms with Crippen LogP contribution < -0.4 is 4.74 Å². The van der Waals surface area contributed by atoms with Crippen molar-refractivity contribution in [3.8, 4) is 5.75 Å². The summed E-state index contributed by atoms with van der Waals surface area (Å²) in [6, 6.07) is 20.3. The monoisotopic (exact) mass is 480 g/mol. The van der Waals surface area contributed by atoms with Crippen LogP contribution in [0.25, 0.3) is 6.08 Å². The summed E-state index contributed by atoms with van der Waals surface area (Å²) >= 11 is 7.05. The van der Waals surface area contributed by atoms with Crippen LogP contribution in [0.5, 0.6) is 5.75 Å². The zero-order valence-electron chi connectivity index (χ0n) is 17.1. The van der Waals surface area contributed by atoms with Crippen LogP contribution >= 0.6 is 23.4 Å². The highest BCUT2D eigenvalue weighted by molar-refractivity contribution is 8.18. The van der Waals surface area contributed by atoms with Crippen molar-refractivity contribution in [2.24, 2.45) is 0 Å². The molecule has 0 aliphatic carbocycles. The maximum atomic E-state index is 12.7. The number of hydrogen-bond donors (Lipinski definition) is 0. The molecule has 166 valence electrons. The van der Waals surface area contributed by atoms with E-state index in [1.54, 1.807) is 66.7 Å². The van der Waals surface area contributed by atoms with Gasteiger partial charge in [0.15, 0.2) is 0 Å². The van der Waals surface area contributed by atoms with Gasteiger partial charge in [0.2, 0.25) is 0 Å². The van der Waals surface area contributed by atoms with Crippen LogP contribution in [0, 0.1) is 10.1 Å². The lowest BCUT2D eigenvalue weighted by Crippen LogP contribution is -2.27. The molecule has 1 fully saturated rings. The maximum Gasteiger partial charge on any atom is 0.293 e. The van der Waals surface area contributed by atoms with Crippen LogP contribution in [0.2, 0.25) is 5.02 Å². The molecule has 4 rings (SSSR count). The number of benzene rings is 3. The zero-order valence-corrected chi connectivity index (χ0v) is 18.7. The molecule has 2 amide bonds. The maximum absolute atomic E-state index is 12.7. The van der Waals surface area contributed by atoms with E-state index in [2.05, 4.69) is 0 Å². The van der Waals surface area contributed by atoms with E-state index in [9.17, 15) is 19.7 Å². The number of nitro groups is 1. The van der Waals surface area contributed by atoms with Crippen molar-refractivity contribution in [3.63, 3.8) is 0 Å². The summed E-state index contributed by atoms with van der Waals surface area (Å²) < 4.78 is 5.71. The standard InChI is InChI=1S/C24H17ClN2O5S/c25-21-4-2-1-3-18(21)14-26-23(28)22(33-24(26)29)13-16-7-11-20(12-8-16)32-15-17-5-9-19(10-6-17)27(30)31/h1-13H,14-15H2/b22-13+. The second-order valence-corrected chi connectivity index (χ2v) is 8.54. The van der Waals surface area contributed by atoms with Crippen LogP contribution in [-0.4, -0.2) is 21.0 Å². The molecule has 33 heavy (non-hydrogen) atoms. The molecule has 0 radical (unpaired) electrons. The van der Waals surface area contributed by atoms with E-state index in [4.69, 9.17) is 16.3 Å². The number of rotatable bonds is 7. The summed E-state index contributed by atoms with van der Waals surface area (Å²) in [6.45, 7) is 0.384. The Morgan fingerprint density at radius 2 is 1.70 bits per heavy atom. The molecule has 1 heterocycles. The topological polar surface area (TPSA) is 89.7 Å². The highest BCUT2D eigenvalue weighted by atomic mass is 35.5. The molecule has 7 nitrogen and oxygen atoms in total. The van der Waals surface area contributed by atoms with Gasteiger partial charge in [0.25, 0.3) is 16.8 Å². The second-order valence-electron chi connectivity index (χ2n) is 7.14. The van der Waals surface area contributed by atoms with Crippen molar-refractivity contribution in [2.45, 2.75) is 13.2 Å². The van der Waals surface area contributed by atoms with Gasteiger partial charge in [-0.2, -0.15) is 0 Å². The van der Waals surface area contributed by atoms with Crippen molar-refractivity contribution in [2.75, 3.05) is 0 Å². The molecule has 0 unspecified atom stereocenters. The Kier molecular flexibility index (Phi) is 6.76. The molecule has 0 atom stereocenters. The summed E-state index contributed by atoms with van der Waals surface area (Å²) in [5, 5.41) is 10.9. The first-order chi connectivity index (χ1) is 15.9. The number of carbonyl (C=O) groups is 2. The molecule has 1 aliphatic rings. The Labute approximate surface area is 198 Å². The second kappa shape index (κ2) is 9.89. The van der Waals surface area contributed by atoms with Crippen LogP contribution in [-0.2, 0) is 17.9 Å². The Morgan fingerprint density at radius 3 is 2.36 bits per heavy atom. The van der Waals surface area contributed by atoms with Gasteiger partial charge in [-0.15, -0.1) is 0 Å². The largest absolute Gasteiger partial charge is 0.489 e. The van der Waals surface area contributed by atoms with Gasteiger partial charge >= 0.3 is 0 Å². The average Bonchev–Trinajstić information content (AvgIpc) is 3.07. The summed E-state index contributed by atoms with van der Waals surface area (Å²) in [4.78, 5) is 36.9. The zero-order chi connectivity index (χ0) is 23.4. The van der Waals surface area contributed by atoms with Crippen LogP contribution in [0.4, 0.5) is 10.5 Å². The fraction of sp³-hybridized carbons (Fsp3) is 0.0833. The Balaban J connectivity index is 1.39. The molecule has 0 saturated carbocycles. The number of nitrogens with zero attached hydrogens (tertiary/aromatic N) is 2. The molecule has 1 aliphatic heterocycles. The molecule has 0 N–H and O–H groups in total. The molecule has 9 heteroatoms. The van der Waals surface area contributed by atoms with Gasteiger partial charge in [0, 0.05) is 17.2 Å². The summed E-state index contributed by atoms with van der Waals surface area (Å²) in [6.07, 6.45) is 1.66. The van der Waals surface area contributed by atoms with E-state index in [1.165, 1.54) is 17.0 Å². The van der Waals surface area contributed by atoms with Crippen molar-refractivity contribution in [1.29, 1.82) is 0 Å². The molecular weight excluding hydrogens is 464 g/mol. The van der Waals surface area contributed by atoms with E-state index < -0.39 is 4.92 Å². The molecule has 3 aromatic carbocycles. The number of halogens is 1. The van der Waals surface area contributed by atoms with Gasteiger partial charge in [0.05, 0.1) is 16.4 Å². The molecular formula is C24H17ClN2O5S. The minimum Gasteiger partial charge on any atom is -0.489 e. The van der Waals surface area contributed by atoms with Crippen molar-refractivity contribution < 1.29 is 19.2 Å². The number of thioether (sulfide) groups is 1. The number of non-ortho nitro benzene ring substituents is 1. The lowest BCUT2D eigenvalue weighted by Gasteiger charge is -2.13. The smallest absolute Gasteiger partial charge is 0.293 e. The van der Waals surface area contributed by atoms with Gasteiger partial charge in [-0.1, -0.05) is 41.9 Å². The van der Waals surface area contributed by atoms with Crippen molar-refractivity contribution in [3.05, 3.63) is 110 Å². The van der Waals surface area contributed by atoms with Crippen LogP contribution in [0.15, 0.2) is 77.7 Å². The fourth-order valence-corrected chi connectivity index (χ4v) is 4.16. The molecule has 3 aromatic rings. The fourth-order valence-electron chi connectivity index (χ4n) is 3.13. The average molecular weight is 481 g/mol. The number of carbonyl (C=O) groups excluding carboxylic acids is 2. The lowest BCUT2D eigenvalue weighted by molar-refractivity contribution is -0.384. The van der Waals surface area contributed by atoms with Crippen LogP contribution in [0.1, 0.15) is 16.7 Å². The molecule has 0 bridgehead atoms. The third-order valence-electron chi connectivity index (χ3n) is 4.89. The quantitative estimate of drug-likeness (QED) is 0.232. The van der Waals surface area contributed by atoms with Gasteiger partial charge < -0.3 is 4.74 Å². The van der Waals surface area contributed by atoms with Crippen molar-refractivity contribution in [1.82, 2.24) is 4.90 Å². The van der Waals surface area contributed by atoms with E-state index in [-0.39, 0.29) is 30.0 Å². The first-order valence-corrected chi connectivity index (χ1v) is 11.0. The highest BCUT2D eigenvalue weighted by Crippen LogP contribution is 2.34. The van der Waals surface area contributed by atoms with Gasteiger partial charge in [-0.25, -0.2) is 0 Å². The van der Waals surface area contributed by atoms with Gasteiger partial charge in [-0.3, -0.25) is 24.6 Å². The van der Waals surface area contributed by atoms with Gasteiger partial charge in [0.1, 0.15) is 12.4 Å². The number of hydrogen-bond acceptors (Lipinski definition) is 6. The van der Waals surface area contributed by atoms with E-state index >= 15 is 0 Å². The van der Waals surface area contributed by atoms with Gasteiger partial charge in [-0.05, 0) is 64.9 Å². The predicted octanol–water partition coefficient (Wildman–Crippen LogP) is 6.06. The predicted molar refractivity (Wildman–Crippen MR) is 127 cm³/mol. The number of nitro benzene ring substituents is 1. The Hall–Kier alpha value is -3.62. The normalized spacial score (nSPS) is 14.7. The third kappa shape index (κ3) is 5.42. The summed E-state index contributed by atoms with van der Waals surface area (Å²) in [5.41, 5.74) is 2.29. The van der Waals surface area contributed by atoms with E-state index in [0.717, 1.165) is 22.9 Å². The van der Waals surface area contributed by atoms with Crippen molar-refractivity contribution >= 4 is 46.3 Å². The van der Waals surface area contributed by atoms with E-state index in [0.29, 0.717) is 21.2 Å². The third-order valence-corrected chi connectivity index (χ3v) is 6.17. The first kappa shape index (κ1) is 22.6. The van der Waals surface area contributed by atoms with Crippen LogP contribution in [0.3, 0.4) is 0 Å². The number of amides is 2. The molecule has 1 saturated heterocycles. The lowest BCUT2D eigenvalue weighted by atomic mass is 10.2. The molecule has 0 spiro atoms. The van der Waals surface area contributed by atoms with E-state index in [1.807, 2.05) is 0 Å². The highest BCUT2D eigenvalue weighted by Gasteiger charge is 2.35. The number of ether oxygens (including phenoxy) is 1. The minimum atomic E-state index is -0.450. The Bertz CT molecular complexity index is 1240. The molecule has 0 aromatic heterocycles. The number of imide groups is 1.